The Morgan fingerprint density at radius 1 is 1.43 bits per heavy atom. The van der Waals surface area contributed by atoms with Crippen LogP contribution in [0.1, 0.15) is 51.9 Å². The van der Waals surface area contributed by atoms with Crippen LogP contribution >= 0.6 is 0 Å². The highest BCUT2D eigenvalue weighted by Crippen LogP contribution is 2.35. The van der Waals surface area contributed by atoms with E-state index in [-0.39, 0.29) is 30.1 Å². The van der Waals surface area contributed by atoms with Crippen molar-refractivity contribution in [1.82, 2.24) is 0 Å². The molecule has 1 fully saturated rings. The zero-order valence-electron chi connectivity index (χ0n) is 13.5. The summed E-state index contributed by atoms with van der Waals surface area (Å²) in [5.41, 5.74) is -1.24. The molecule has 2 rings (SSSR count). The maximum Gasteiger partial charge on any atom is 0.306 e. The zero-order valence-corrected chi connectivity index (χ0v) is 13.5. The number of carbonyl (C=O) groups is 3. The van der Waals surface area contributed by atoms with Crippen LogP contribution in [-0.4, -0.2) is 34.3 Å². The average Bonchev–Trinajstić information content (AvgIpc) is 3.03. The quantitative estimate of drug-likeness (QED) is 0.421. The Balaban J connectivity index is 1.81. The highest BCUT2D eigenvalue weighted by Gasteiger charge is 2.42. The van der Waals surface area contributed by atoms with Crippen molar-refractivity contribution in [1.29, 1.82) is 0 Å². The molecule has 0 radical (unpaired) electrons. The first-order valence-corrected chi connectivity index (χ1v) is 8.25. The van der Waals surface area contributed by atoms with Crippen LogP contribution in [0.2, 0.25) is 0 Å². The second-order valence-corrected chi connectivity index (χ2v) is 6.35. The number of esters is 1. The van der Waals surface area contributed by atoms with E-state index >= 15 is 0 Å². The maximum atomic E-state index is 11.9. The van der Waals surface area contributed by atoms with Crippen LogP contribution < -0.4 is 0 Å². The van der Waals surface area contributed by atoms with E-state index in [9.17, 15) is 19.5 Å². The van der Waals surface area contributed by atoms with E-state index in [2.05, 4.69) is 0 Å². The van der Waals surface area contributed by atoms with Crippen LogP contribution in [0.15, 0.2) is 24.3 Å². The van der Waals surface area contributed by atoms with Crippen LogP contribution in [0.5, 0.6) is 0 Å². The van der Waals surface area contributed by atoms with Crippen LogP contribution in [-0.2, 0) is 19.1 Å². The number of cyclic esters (lactones) is 1. The number of allylic oxidation sites excluding steroid dienone is 3. The van der Waals surface area contributed by atoms with Crippen molar-refractivity contribution >= 4 is 17.5 Å². The van der Waals surface area contributed by atoms with Crippen molar-refractivity contribution in [3.63, 3.8) is 0 Å². The van der Waals surface area contributed by atoms with Gasteiger partial charge in [0.25, 0.3) is 0 Å². The molecule has 1 heterocycles. The van der Waals surface area contributed by atoms with Crippen molar-refractivity contribution in [2.45, 2.75) is 63.6 Å². The standard InChI is InChI=1S/C18H24O5/c1-2-5-13(19)12-15-16(20)9-11-18(15,22)10-4-3-6-14-7-8-17(21)23-14/h2,5,9,11,14-15,22H,3-4,6-8,10,12H2,1H3/b5-2-/t14-,15+,18+/m1/s1. The maximum absolute atomic E-state index is 11.9. The minimum Gasteiger partial charge on any atom is -0.462 e. The van der Waals surface area contributed by atoms with Crippen molar-refractivity contribution in [3.05, 3.63) is 24.3 Å². The third-order valence-corrected chi connectivity index (χ3v) is 4.56. The molecule has 0 saturated carbocycles. The number of rotatable bonds is 8. The molecule has 0 unspecified atom stereocenters. The van der Waals surface area contributed by atoms with Gasteiger partial charge in [0.15, 0.2) is 11.6 Å². The monoisotopic (exact) mass is 320 g/mol. The number of hydrogen-bond donors (Lipinski definition) is 1. The molecule has 3 atom stereocenters. The van der Waals surface area contributed by atoms with E-state index in [0.717, 1.165) is 25.7 Å². The molecule has 126 valence electrons. The molecule has 2 aliphatic rings. The first kappa shape index (κ1) is 17.6. The van der Waals surface area contributed by atoms with Gasteiger partial charge >= 0.3 is 5.97 Å². The van der Waals surface area contributed by atoms with Gasteiger partial charge < -0.3 is 9.84 Å². The van der Waals surface area contributed by atoms with Gasteiger partial charge in [-0.05, 0) is 50.8 Å². The molecule has 0 aromatic carbocycles. The van der Waals surface area contributed by atoms with Crippen LogP contribution in [0.3, 0.4) is 0 Å². The average molecular weight is 320 g/mol. The fraction of sp³-hybridized carbons (Fsp3) is 0.611. The molecule has 0 bridgehead atoms. The summed E-state index contributed by atoms with van der Waals surface area (Å²) in [6.45, 7) is 1.74. The van der Waals surface area contributed by atoms with Crippen molar-refractivity contribution in [3.8, 4) is 0 Å². The highest BCUT2D eigenvalue weighted by atomic mass is 16.5. The minimum atomic E-state index is -1.24. The molecular weight excluding hydrogens is 296 g/mol. The molecule has 1 N–H and O–H groups in total. The largest absolute Gasteiger partial charge is 0.462 e. The third-order valence-electron chi connectivity index (χ3n) is 4.56. The summed E-state index contributed by atoms with van der Waals surface area (Å²) in [4.78, 5) is 34.7. The molecular formula is C18H24O5. The van der Waals surface area contributed by atoms with E-state index in [1.54, 1.807) is 13.0 Å². The van der Waals surface area contributed by atoms with E-state index in [1.165, 1.54) is 18.2 Å². The van der Waals surface area contributed by atoms with Gasteiger partial charge in [0.1, 0.15) is 6.10 Å². The Morgan fingerprint density at radius 2 is 2.22 bits per heavy atom. The van der Waals surface area contributed by atoms with E-state index in [1.807, 2.05) is 0 Å². The van der Waals surface area contributed by atoms with Crippen LogP contribution in [0, 0.1) is 5.92 Å². The lowest BCUT2D eigenvalue weighted by atomic mass is 9.82. The Kier molecular flexibility index (Phi) is 5.88. The lowest BCUT2D eigenvalue weighted by Gasteiger charge is -2.27. The number of unbranched alkanes of at least 4 members (excludes halogenated alkanes) is 1. The highest BCUT2D eigenvalue weighted by molar-refractivity contribution is 6.00. The van der Waals surface area contributed by atoms with E-state index in [4.69, 9.17) is 4.74 Å². The Bertz CT molecular complexity index is 534. The van der Waals surface area contributed by atoms with Gasteiger partial charge in [-0.1, -0.05) is 12.5 Å². The Morgan fingerprint density at radius 3 is 2.87 bits per heavy atom. The van der Waals surface area contributed by atoms with Crippen molar-refractivity contribution in [2.75, 3.05) is 0 Å². The van der Waals surface area contributed by atoms with E-state index in [0.29, 0.717) is 12.8 Å². The fourth-order valence-electron chi connectivity index (χ4n) is 3.26. The molecule has 0 aromatic heterocycles. The predicted octanol–water partition coefficient (Wildman–Crippen LogP) is 2.27. The Labute approximate surface area is 136 Å². The predicted molar refractivity (Wildman–Crippen MR) is 84.6 cm³/mol. The van der Waals surface area contributed by atoms with Gasteiger partial charge in [-0.2, -0.15) is 0 Å². The topological polar surface area (TPSA) is 80.7 Å². The molecule has 1 aliphatic heterocycles. The SMILES string of the molecule is C/C=C\C(=O)C[C@H]1C(=O)C=C[C@@]1(O)CCCC[C@@H]1CCC(=O)O1. The summed E-state index contributed by atoms with van der Waals surface area (Å²) in [5, 5.41) is 10.7. The lowest BCUT2D eigenvalue weighted by Crippen LogP contribution is -2.37. The van der Waals surface area contributed by atoms with Gasteiger partial charge in [-0.3, -0.25) is 14.4 Å². The summed E-state index contributed by atoms with van der Waals surface area (Å²) >= 11 is 0. The summed E-state index contributed by atoms with van der Waals surface area (Å²) in [7, 11) is 0. The van der Waals surface area contributed by atoms with Crippen molar-refractivity contribution < 1.29 is 24.2 Å². The molecule has 5 heteroatoms. The van der Waals surface area contributed by atoms with Gasteiger partial charge in [-0.25, -0.2) is 0 Å². The van der Waals surface area contributed by atoms with Gasteiger partial charge in [-0.15, -0.1) is 0 Å². The number of hydrogen-bond acceptors (Lipinski definition) is 5. The van der Waals surface area contributed by atoms with Gasteiger partial charge in [0.2, 0.25) is 0 Å². The first-order chi connectivity index (χ1) is 10.9. The lowest BCUT2D eigenvalue weighted by molar-refractivity contribution is -0.141. The minimum absolute atomic E-state index is 0.00930. The van der Waals surface area contributed by atoms with Crippen molar-refractivity contribution in [2.24, 2.45) is 5.92 Å². The second kappa shape index (κ2) is 7.68. The Hall–Kier alpha value is -1.75. The van der Waals surface area contributed by atoms with Crippen LogP contribution in [0.4, 0.5) is 0 Å². The summed E-state index contributed by atoms with van der Waals surface area (Å²) in [6, 6.07) is 0. The third kappa shape index (κ3) is 4.61. The molecule has 5 nitrogen and oxygen atoms in total. The summed E-state index contributed by atoms with van der Waals surface area (Å²) < 4.78 is 5.15. The van der Waals surface area contributed by atoms with Gasteiger partial charge in [0.05, 0.1) is 11.5 Å². The summed E-state index contributed by atoms with van der Waals surface area (Å²) in [5.74, 6) is -1.16. The molecule has 0 amide bonds. The number of ether oxygens (including phenoxy) is 1. The molecule has 23 heavy (non-hydrogen) atoms. The number of carbonyl (C=O) groups excluding carboxylic acids is 3. The van der Waals surface area contributed by atoms with Crippen LogP contribution in [0.25, 0.3) is 0 Å². The molecule has 0 spiro atoms. The second-order valence-electron chi connectivity index (χ2n) is 6.35. The fourth-order valence-corrected chi connectivity index (χ4v) is 3.26. The number of aliphatic hydroxyl groups is 1. The first-order valence-electron chi connectivity index (χ1n) is 8.25. The van der Waals surface area contributed by atoms with E-state index < -0.39 is 11.5 Å². The zero-order chi connectivity index (χ0) is 16.9. The normalized spacial score (nSPS) is 30.3. The summed E-state index contributed by atoms with van der Waals surface area (Å²) in [6.07, 6.45) is 10.0. The number of ketones is 2. The smallest absolute Gasteiger partial charge is 0.306 e. The molecule has 0 aromatic rings. The van der Waals surface area contributed by atoms with Gasteiger partial charge in [0, 0.05) is 12.8 Å². The molecule has 1 aliphatic carbocycles. The molecule has 1 saturated heterocycles.